The molecule has 3 rings (SSSR count). The van der Waals surface area contributed by atoms with E-state index < -0.39 is 0 Å². The highest BCUT2D eigenvalue weighted by molar-refractivity contribution is 5.79. The quantitative estimate of drug-likeness (QED) is 0.545. The fraction of sp³-hybridized carbons (Fsp3) is 0.826. The molecule has 1 saturated carbocycles. The van der Waals surface area contributed by atoms with Gasteiger partial charge in [-0.25, -0.2) is 0 Å². The molecule has 1 saturated heterocycles. The van der Waals surface area contributed by atoms with Gasteiger partial charge in [0, 0.05) is 71.0 Å². The number of hydrogen-bond acceptors (Lipinski definition) is 4. The van der Waals surface area contributed by atoms with Gasteiger partial charge in [0.05, 0.1) is 18.9 Å². The van der Waals surface area contributed by atoms with Crippen LogP contribution in [-0.2, 0) is 18.3 Å². The Balaban J connectivity index is 1.63. The van der Waals surface area contributed by atoms with Crippen molar-refractivity contribution in [3.63, 3.8) is 0 Å². The van der Waals surface area contributed by atoms with Gasteiger partial charge in [-0.05, 0) is 18.8 Å². The second-order valence-electron chi connectivity index (χ2n) is 9.57. The van der Waals surface area contributed by atoms with Gasteiger partial charge in [0.25, 0.3) is 0 Å². The highest BCUT2D eigenvalue weighted by Gasteiger charge is 2.34. The molecule has 1 aliphatic heterocycles. The van der Waals surface area contributed by atoms with Crippen LogP contribution in [0.2, 0.25) is 0 Å². The van der Waals surface area contributed by atoms with Gasteiger partial charge < -0.3 is 15.0 Å². The number of ether oxygens (including phenoxy) is 1. The molecule has 7 nitrogen and oxygen atoms in total. The van der Waals surface area contributed by atoms with E-state index in [0.717, 1.165) is 45.4 Å². The highest BCUT2D eigenvalue weighted by atomic mass is 16.5. The molecule has 0 unspecified atom stereocenters. The van der Waals surface area contributed by atoms with Crippen molar-refractivity contribution in [3.8, 4) is 0 Å². The monoisotopic (exact) mass is 418 g/mol. The standard InChI is InChI=1S/C23H42N6O/c1-19(2)21-20(16-28(5)26-21)15-27(4)22(24-3)25-17-23(9-7-6-8-10-23)18-29-11-13-30-14-12-29/h16,19H,6-15,17-18H2,1-5H3,(H,24,25). The second-order valence-corrected chi connectivity index (χ2v) is 9.57. The van der Waals surface area contributed by atoms with Crippen molar-refractivity contribution in [3.05, 3.63) is 17.5 Å². The minimum atomic E-state index is 0.337. The molecule has 0 spiro atoms. The fourth-order valence-corrected chi connectivity index (χ4v) is 5.07. The van der Waals surface area contributed by atoms with Crippen LogP contribution in [0.15, 0.2) is 11.2 Å². The normalized spacial score (nSPS) is 20.5. The zero-order valence-electron chi connectivity index (χ0n) is 19.8. The zero-order valence-corrected chi connectivity index (χ0v) is 19.8. The van der Waals surface area contributed by atoms with E-state index in [0.29, 0.717) is 11.3 Å². The number of nitrogens with one attached hydrogen (secondary N) is 1. The van der Waals surface area contributed by atoms with Gasteiger partial charge >= 0.3 is 0 Å². The first kappa shape index (κ1) is 23.1. The van der Waals surface area contributed by atoms with Crippen LogP contribution < -0.4 is 5.32 Å². The van der Waals surface area contributed by atoms with Crippen molar-refractivity contribution in [2.45, 2.75) is 58.4 Å². The van der Waals surface area contributed by atoms with Crippen LogP contribution >= 0.6 is 0 Å². The number of aliphatic imine (C=N–C) groups is 1. The first-order valence-corrected chi connectivity index (χ1v) is 11.7. The first-order chi connectivity index (χ1) is 14.4. The van der Waals surface area contributed by atoms with Gasteiger partial charge in [-0.15, -0.1) is 0 Å². The molecule has 1 aromatic heterocycles. The van der Waals surface area contributed by atoms with Crippen LogP contribution in [0.25, 0.3) is 0 Å². The fourth-order valence-electron chi connectivity index (χ4n) is 5.07. The molecule has 1 N–H and O–H groups in total. The molecule has 0 atom stereocenters. The molecule has 1 aliphatic carbocycles. The third kappa shape index (κ3) is 5.97. The first-order valence-electron chi connectivity index (χ1n) is 11.7. The van der Waals surface area contributed by atoms with E-state index in [1.807, 2.05) is 18.8 Å². The summed E-state index contributed by atoms with van der Waals surface area (Å²) in [5.41, 5.74) is 2.79. The van der Waals surface area contributed by atoms with Crippen molar-refractivity contribution in [2.24, 2.45) is 17.5 Å². The molecule has 2 heterocycles. The molecule has 7 heteroatoms. The SMILES string of the molecule is CN=C(NCC1(CN2CCOCC2)CCCCC1)N(C)Cc1cn(C)nc1C(C)C. The van der Waals surface area contributed by atoms with Gasteiger partial charge in [0.15, 0.2) is 5.96 Å². The van der Waals surface area contributed by atoms with Gasteiger partial charge in [0.2, 0.25) is 0 Å². The molecule has 30 heavy (non-hydrogen) atoms. The van der Waals surface area contributed by atoms with Crippen LogP contribution in [0.5, 0.6) is 0 Å². The summed E-state index contributed by atoms with van der Waals surface area (Å²) in [5.74, 6) is 1.39. The predicted octanol–water partition coefficient (Wildman–Crippen LogP) is 2.83. The molecule has 170 valence electrons. The summed E-state index contributed by atoms with van der Waals surface area (Å²) < 4.78 is 7.49. The number of morpholine rings is 1. The third-order valence-corrected chi connectivity index (χ3v) is 6.66. The maximum atomic E-state index is 5.56. The van der Waals surface area contributed by atoms with E-state index in [4.69, 9.17) is 4.74 Å². The lowest BCUT2D eigenvalue weighted by molar-refractivity contribution is 0.00810. The van der Waals surface area contributed by atoms with Crippen molar-refractivity contribution in [1.82, 2.24) is 24.9 Å². The Kier molecular flexibility index (Phi) is 8.17. The average Bonchev–Trinajstić information content (AvgIpc) is 3.10. The third-order valence-electron chi connectivity index (χ3n) is 6.66. The Morgan fingerprint density at radius 1 is 1.27 bits per heavy atom. The number of guanidine groups is 1. The Morgan fingerprint density at radius 2 is 1.97 bits per heavy atom. The van der Waals surface area contributed by atoms with Crippen LogP contribution in [0.1, 0.15) is 63.1 Å². The lowest BCUT2D eigenvalue weighted by Gasteiger charge is -2.43. The molecule has 0 amide bonds. The highest BCUT2D eigenvalue weighted by Crippen LogP contribution is 2.37. The van der Waals surface area contributed by atoms with Crippen molar-refractivity contribution < 1.29 is 4.74 Å². The summed E-state index contributed by atoms with van der Waals surface area (Å²) in [6.07, 6.45) is 8.80. The van der Waals surface area contributed by atoms with E-state index in [1.165, 1.54) is 49.9 Å². The maximum Gasteiger partial charge on any atom is 0.193 e. The van der Waals surface area contributed by atoms with Crippen LogP contribution in [0.4, 0.5) is 0 Å². The summed E-state index contributed by atoms with van der Waals surface area (Å²) in [4.78, 5) is 9.43. The second kappa shape index (κ2) is 10.6. The molecular weight excluding hydrogens is 376 g/mol. The number of aromatic nitrogens is 2. The zero-order chi connectivity index (χ0) is 21.6. The van der Waals surface area contributed by atoms with Gasteiger partial charge in [-0.1, -0.05) is 33.1 Å². The predicted molar refractivity (Wildman–Crippen MR) is 123 cm³/mol. The van der Waals surface area contributed by atoms with Crippen LogP contribution in [0.3, 0.4) is 0 Å². The lowest BCUT2D eigenvalue weighted by atomic mass is 9.73. The summed E-state index contributed by atoms with van der Waals surface area (Å²) in [7, 11) is 6.02. The van der Waals surface area contributed by atoms with Crippen molar-refractivity contribution in [2.75, 3.05) is 53.5 Å². The van der Waals surface area contributed by atoms with E-state index >= 15 is 0 Å². The van der Waals surface area contributed by atoms with Gasteiger partial charge in [0.1, 0.15) is 0 Å². The van der Waals surface area contributed by atoms with Crippen LogP contribution in [0, 0.1) is 5.41 Å². The van der Waals surface area contributed by atoms with Crippen molar-refractivity contribution >= 4 is 5.96 Å². The number of rotatable bonds is 7. The molecular formula is C23H42N6O. The minimum Gasteiger partial charge on any atom is -0.379 e. The van der Waals surface area contributed by atoms with E-state index in [2.05, 4.69) is 52.3 Å². The molecule has 0 aromatic carbocycles. The Hall–Kier alpha value is -1.60. The summed E-state index contributed by atoms with van der Waals surface area (Å²) in [6.45, 7) is 11.3. The Labute approximate surface area is 182 Å². The largest absolute Gasteiger partial charge is 0.379 e. The molecule has 0 bridgehead atoms. The van der Waals surface area contributed by atoms with E-state index in [-0.39, 0.29) is 0 Å². The van der Waals surface area contributed by atoms with E-state index in [1.54, 1.807) is 0 Å². The molecule has 2 aliphatic rings. The van der Waals surface area contributed by atoms with E-state index in [9.17, 15) is 0 Å². The number of hydrogen-bond donors (Lipinski definition) is 1. The van der Waals surface area contributed by atoms with Gasteiger partial charge in [-0.3, -0.25) is 14.6 Å². The van der Waals surface area contributed by atoms with Crippen LogP contribution in [-0.4, -0.2) is 79.0 Å². The molecule has 1 aromatic rings. The Morgan fingerprint density at radius 3 is 2.60 bits per heavy atom. The smallest absolute Gasteiger partial charge is 0.193 e. The lowest BCUT2D eigenvalue weighted by Crippen LogP contribution is -2.51. The average molecular weight is 419 g/mol. The van der Waals surface area contributed by atoms with Crippen molar-refractivity contribution in [1.29, 1.82) is 0 Å². The summed E-state index contributed by atoms with van der Waals surface area (Å²) >= 11 is 0. The Bertz CT molecular complexity index is 686. The van der Waals surface area contributed by atoms with Gasteiger partial charge in [-0.2, -0.15) is 5.10 Å². The number of nitrogens with zero attached hydrogens (tertiary/aromatic N) is 5. The minimum absolute atomic E-state index is 0.337. The molecule has 0 radical (unpaired) electrons. The topological polar surface area (TPSA) is 57.9 Å². The maximum absolute atomic E-state index is 5.56. The summed E-state index contributed by atoms with van der Waals surface area (Å²) in [6, 6.07) is 0. The number of aryl methyl sites for hydroxylation is 1. The molecule has 2 fully saturated rings. The summed E-state index contributed by atoms with van der Waals surface area (Å²) in [5, 5.41) is 8.39.